The van der Waals surface area contributed by atoms with Gasteiger partial charge in [-0.25, -0.2) is 0 Å². The molecule has 170 valence electrons. The predicted octanol–water partition coefficient (Wildman–Crippen LogP) is 4.07. The van der Waals surface area contributed by atoms with Gasteiger partial charge in [0, 0.05) is 56.7 Å². The standard InChI is InChI=1S/C26H34N4O2/c1-18-10-12-30(13-11-18)23-8-9-24(19(2)14-23)28-22-6-4-20(5-7-22)16-27-26(32)21-15-25(31)29(3)17-21/h4-9,14,18,21,28H,10-13,15-17H2,1-3H3,(H,27,32). The maximum atomic E-state index is 12.3. The Labute approximate surface area is 191 Å². The van der Waals surface area contributed by atoms with Crippen molar-refractivity contribution in [2.45, 2.75) is 39.7 Å². The van der Waals surface area contributed by atoms with Crippen LogP contribution in [0.25, 0.3) is 0 Å². The Balaban J connectivity index is 1.30. The smallest absolute Gasteiger partial charge is 0.225 e. The fraction of sp³-hybridized carbons (Fsp3) is 0.462. The number of likely N-dealkylation sites (tertiary alicyclic amines) is 1. The maximum Gasteiger partial charge on any atom is 0.225 e. The highest BCUT2D eigenvalue weighted by Crippen LogP contribution is 2.28. The van der Waals surface area contributed by atoms with E-state index in [1.807, 2.05) is 24.3 Å². The zero-order valence-electron chi connectivity index (χ0n) is 19.4. The Kier molecular flexibility index (Phi) is 6.68. The first-order chi connectivity index (χ1) is 15.4. The molecule has 1 unspecified atom stereocenters. The van der Waals surface area contributed by atoms with E-state index < -0.39 is 0 Å². The lowest BCUT2D eigenvalue weighted by Gasteiger charge is -2.32. The number of amides is 2. The van der Waals surface area contributed by atoms with Crippen LogP contribution in [0.15, 0.2) is 42.5 Å². The molecule has 0 saturated carbocycles. The first-order valence-corrected chi connectivity index (χ1v) is 11.6. The highest BCUT2D eigenvalue weighted by molar-refractivity contribution is 5.89. The van der Waals surface area contributed by atoms with E-state index in [1.54, 1.807) is 11.9 Å². The summed E-state index contributed by atoms with van der Waals surface area (Å²) in [5.41, 5.74) is 5.70. The monoisotopic (exact) mass is 434 g/mol. The van der Waals surface area contributed by atoms with E-state index in [1.165, 1.54) is 24.1 Å². The summed E-state index contributed by atoms with van der Waals surface area (Å²) >= 11 is 0. The van der Waals surface area contributed by atoms with Crippen molar-refractivity contribution in [3.63, 3.8) is 0 Å². The van der Waals surface area contributed by atoms with E-state index in [2.05, 4.69) is 47.6 Å². The van der Waals surface area contributed by atoms with Crippen molar-refractivity contribution in [3.05, 3.63) is 53.6 Å². The molecule has 2 fully saturated rings. The zero-order valence-corrected chi connectivity index (χ0v) is 19.4. The molecule has 0 spiro atoms. The second kappa shape index (κ2) is 9.63. The van der Waals surface area contributed by atoms with Gasteiger partial charge >= 0.3 is 0 Å². The minimum atomic E-state index is -0.243. The molecule has 2 heterocycles. The number of benzene rings is 2. The lowest BCUT2D eigenvalue weighted by molar-refractivity contribution is -0.128. The number of nitrogens with one attached hydrogen (secondary N) is 2. The van der Waals surface area contributed by atoms with E-state index in [9.17, 15) is 9.59 Å². The Morgan fingerprint density at radius 1 is 1.09 bits per heavy atom. The molecule has 6 nitrogen and oxygen atoms in total. The molecule has 2 aromatic rings. The van der Waals surface area contributed by atoms with Crippen molar-refractivity contribution in [1.82, 2.24) is 10.2 Å². The molecule has 2 aliphatic rings. The van der Waals surface area contributed by atoms with Gasteiger partial charge in [0.05, 0.1) is 5.92 Å². The van der Waals surface area contributed by atoms with Gasteiger partial charge in [-0.2, -0.15) is 0 Å². The quantitative estimate of drug-likeness (QED) is 0.719. The minimum Gasteiger partial charge on any atom is -0.372 e. The third-order valence-corrected chi connectivity index (χ3v) is 6.77. The Hall–Kier alpha value is -3.02. The number of carbonyl (C=O) groups is 2. The van der Waals surface area contributed by atoms with Crippen LogP contribution in [0.4, 0.5) is 17.1 Å². The molecule has 2 N–H and O–H groups in total. The van der Waals surface area contributed by atoms with Gasteiger partial charge in [0.25, 0.3) is 0 Å². The van der Waals surface area contributed by atoms with E-state index in [0.29, 0.717) is 19.5 Å². The van der Waals surface area contributed by atoms with E-state index >= 15 is 0 Å². The van der Waals surface area contributed by atoms with Crippen molar-refractivity contribution in [2.75, 3.05) is 36.9 Å². The molecular weight excluding hydrogens is 400 g/mol. The van der Waals surface area contributed by atoms with Gasteiger partial charge in [0.1, 0.15) is 0 Å². The first kappa shape index (κ1) is 22.2. The predicted molar refractivity (Wildman–Crippen MR) is 129 cm³/mol. The highest BCUT2D eigenvalue weighted by atomic mass is 16.2. The van der Waals surface area contributed by atoms with Gasteiger partial charge in [0.2, 0.25) is 11.8 Å². The lowest BCUT2D eigenvalue weighted by Crippen LogP contribution is -2.32. The van der Waals surface area contributed by atoms with Gasteiger partial charge in [-0.15, -0.1) is 0 Å². The Bertz CT molecular complexity index is 964. The van der Waals surface area contributed by atoms with Crippen molar-refractivity contribution in [2.24, 2.45) is 11.8 Å². The van der Waals surface area contributed by atoms with E-state index in [-0.39, 0.29) is 17.7 Å². The number of hydrogen-bond donors (Lipinski definition) is 2. The SMILES string of the molecule is Cc1cc(N2CCC(C)CC2)ccc1Nc1ccc(CNC(=O)C2CC(=O)N(C)C2)cc1. The van der Waals surface area contributed by atoms with Crippen molar-refractivity contribution in [1.29, 1.82) is 0 Å². The summed E-state index contributed by atoms with van der Waals surface area (Å²) in [5.74, 6) is 0.573. The zero-order chi connectivity index (χ0) is 22.7. The molecule has 0 radical (unpaired) electrons. The topological polar surface area (TPSA) is 64.7 Å². The molecule has 2 saturated heterocycles. The molecular formula is C26H34N4O2. The summed E-state index contributed by atoms with van der Waals surface area (Å²) in [7, 11) is 1.74. The van der Waals surface area contributed by atoms with Crippen molar-refractivity contribution < 1.29 is 9.59 Å². The van der Waals surface area contributed by atoms with Gasteiger partial charge in [0.15, 0.2) is 0 Å². The molecule has 0 bridgehead atoms. The molecule has 2 aliphatic heterocycles. The number of hydrogen-bond acceptors (Lipinski definition) is 4. The van der Waals surface area contributed by atoms with Gasteiger partial charge in [-0.05, 0) is 67.1 Å². The molecule has 0 aromatic heterocycles. The van der Waals surface area contributed by atoms with Crippen LogP contribution < -0.4 is 15.5 Å². The lowest BCUT2D eigenvalue weighted by atomic mass is 9.98. The normalized spacial score (nSPS) is 19.3. The van der Waals surface area contributed by atoms with Crippen LogP contribution in [0.3, 0.4) is 0 Å². The average Bonchev–Trinajstić information content (AvgIpc) is 3.13. The molecule has 32 heavy (non-hydrogen) atoms. The van der Waals surface area contributed by atoms with Crippen molar-refractivity contribution >= 4 is 28.9 Å². The minimum absolute atomic E-state index is 0.0365. The summed E-state index contributed by atoms with van der Waals surface area (Å²) in [5, 5.41) is 6.46. The third-order valence-electron chi connectivity index (χ3n) is 6.77. The van der Waals surface area contributed by atoms with Gasteiger partial charge in [-0.3, -0.25) is 9.59 Å². The van der Waals surface area contributed by atoms with Crippen molar-refractivity contribution in [3.8, 4) is 0 Å². The third kappa shape index (κ3) is 5.23. The van der Waals surface area contributed by atoms with Crippen LogP contribution in [0.1, 0.15) is 37.3 Å². The molecule has 4 rings (SSSR count). The van der Waals surface area contributed by atoms with Crippen LogP contribution >= 0.6 is 0 Å². The second-order valence-corrected chi connectivity index (χ2v) is 9.38. The summed E-state index contributed by atoms with van der Waals surface area (Å²) in [6, 6.07) is 14.8. The van der Waals surface area contributed by atoms with Gasteiger partial charge in [-0.1, -0.05) is 19.1 Å². The van der Waals surface area contributed by atoms with Crippen LogP contribution in [0.2, 0.25) is 0 Å². The number of carbonyl (C=O) groups excluding carboxylic acids is 2. The molecule has 2 amide bonds. The number of anilines is 3. The highest BCUT2D eigenvalue weighted by Gasteiger charge is 2.31. The molecule has 6 heteroatoms. The Morgan fingerprint density at radius 3 is 2.44 bits per heavy atom. The fourth-order valence-corrected chi connectivity index (χ4v) is 4.49. The summed E-state index contributed by atoms with van der Waals surface area (Å²) in [6.45, 7) is 7.73. The van der Waals surface area contributed by atoms with Gasteiger partial charge < -0.3 is 20.4 Å². The summed E-state index contributed by atoms with van der Waals surface area (Å²) < 4.78 is 0. The maximum absolute atomic E-state index is 12.3. The second-order valence-electron chi connectivity index (χ2n) is 9.38. The molecule has 2 aromatic carbocycles. The summed E-state index contributed by atoms with van der Waals surface area (Å²) in [4.78, 5) is 28.0. The van der Waals surface area contributed by atoms with E-state index in [0.717, 1.165) is 35.9 Å². The van der Waals surface area contributed by atoms with E-state index in [4.69, 9.17) is 0 Å². The first-order valence-electron chi connectivity index (χ1n) is 11.6. The number of aryl methyl sites for hydroxylation is 1. The van der Waals surface area contributed by atoms with Crippen LogP contribution in [0, 0.1) is 18.8 Å². The Morgan fingerprint density at radius 2 is 1.81 bits per heavy atom. The van der Waals surface area contributed by atoms with Crippen LogP contribution in [-0.2, 0) is 16.1 Å². The summed E-state index contributed by atoms with van der Waals surface area (Å²) in [6.07, 6.45) is 2.84. The van der Waals surface area contributed by atoms with Crippen LogP contribution in [-0.4, -0.2) is 43.4 Å². The molecule has 0 aliphatic carbocycles. The average molecular weight is 435 g/mol. The fourth-order valence-electron chi connectivity index (χ4n) is 4.49. The number of piperidine rings is 1. The molecule has 1 atom stereocenters. The number of rotatable bonds is 6. The van der Waals surface area contributed by atoms with Crippen LogP contribution in [0.5, 0.6) is 0 Å². The number of nitrogens with zero attached hydrogens (tertiary/aromatic N) is 2. The largest absolute Gasteiger partial charge is 0.372 e.